The van der Waals surface area contributed by atoms with Gasteiger partial charge < -0.3 is 30.3 Å². The predicted molar refractivity (Wildman–Crippen MR) is 99.2 cm³/mol. The number of rotatable bonds is 6. The van der Waals surface area contributed by atoms with Crippen LogP contribution in [-0.2, 0) is 0 Å². The van der Waals surface area contributed by atoms with Crippen LogP contribution >= 0.6 is 0 Å². The van der Waals surface area contributed by atoms with Crippen molar-refractivity contribution in [3.8, 4) is 28.3 Å². The molecule has 1 aliphatic rings. The molecule has 0 bridgehead atoms. The first-order chi connectivity index (χ1) is 13.9. The van der Waals surface area contributed by atoms with Gasteiger partial charge in [-0.05, 0) is 33.7 Å². The zero-order chi connectivity index (χ0) is 20.6. The summed E-state index contributed by atoms with van der Waals surface area (Å²) in [7, 11) is 0. The third kappa shape index (κ3) is 3.26. The number of nitrogens with one attached hydrogen (secondary N) is 1. The first-order valence-electron chi connectivity index (χ1n) is 8.94. The van der Waals surface area contributed by atoms with Gasteiger partial charge in [0.2, 0.25) is 6.29 Å². The van der Waals surface area contributed by atoms with Crippen molar-refractivity contribution in [2.45, 2.75) is 24.1 Å². The van der Waals surface area contributed by atoms with Crippen LogP contribution in [0.2, 0.25) is 0 Å². The summed E-state index contributed by atoms with van der Waals surface area (Å²) < 4.78 is 5.33. The Balaban J connectivity index is 1.45. The van der Waals surface area contributed by atoms with Crippen molar-refractivity contribution in [2.75, 3.05) is 6.61 Å². The van der Waals surface area contributed by atoms with Crippen LogP contribution in [0.4, 0.5) is 0 Å². The van der Waals surface area contributed by atoms with Gasteiger partial charge in [0, 0.05) is 11.5 Å². The van der Waals surface area contributed by atoms with E-state index < -0.39 is 36.6 Å². The molecule has 2 aromatic carbocycles. The van der Waals surface area contributed by atoms with Crippen LogP contribution in [0.3, 0.4) is 0 Å². The molecule has 5 atom stereocenters. The normalized spacial score (nSPS) is 27.3. The molecule has 0 amide bonds. The molecule has 3 unspecified atom stereocenters. The second-order valence-electron chi connectivity index (χ2n) is 6.93. The Bertz CT molecular complexity index is 950. The van der Waals surface area contributed by atoms with Crippen LogP contribution < -0.4 is 4.74 Å². The highest BCUT2D eigenvalue weighted by molar-refractivity contribution is 5.68. The van der Waals surface area contributed by atoms with Crippen molar-refractivity contribution in [1.82, 2.24) is 20.6 Å². The highest BCUT2D eigenvalue weighted by Gasteiger charge is 2.65. The van der Waals surface area contributed by atoms with Gasteiger partial charge in [0.05, 0.1) is 12.7 Å². The summed E-state index contributed by atoms with van der Waals surface area (Å²) >= 11 is 0. The van der Waals surface area contributed by atoms with E-state index in [1.807, 2.05) is 24.3 Å². The van der Waals surface area contributed by atoms with Crippen molar-refractivity contribution in [3.63, 3.8) is 0 Å². The number of aliphatic hydroxyl groups is 5. The molecular formula is C19H20N4O6. The maximum atomic E-state index is 10.4. The van der Waals surface area contributed by atoms with Gasteiger partial charge in [-0.2, -0.15) is 0 Å². The van der Waals surface area contributed by atoms with Crippen LogP contribution in [0.25, 0.3) is 22.5 Å². The Morgan fingerprint density at radius 3 is 2.14 bits per heavy atom. The SMILES string of the molecule is OCC1[C@@H](O)C(O)C1(O)[C@H](O)Oc1ccc(-c2ccc(-c3nnn[nH]3)cc2)cc1. The molecule has 4 rings (SSSR count). The number of nitrogens with zero attached hydrogens (tertiary/aromatic N) is 3. The lowest BCUT2D eigenvalue weighted by molar-refractivity contribution is -0.332. The van der Waals surface area contributed by atoms with Crippen LogP contribution in [0.1, 0.15) is 0 Å². The number of aliphatic hydroxyl groups excluding tert-OH is 4. The number of ether oxygens (including phenoxy) is 1. The Morgan fingerprint density at radius 2 is 1.59 bits per heavy atom. The van der Waals surface area contributed by atoms with Gasteiger partial charge in [0.15, 0.2) is 11.4 Å². The average Bonchev–Trinajstić information content (AvgIpc) is 3.29. The third-order valence-corrected chi connectivity index (χ3v) is 5.33. The second kappa shape index (κ2) is 7.50. The Hall–Kier alpha value is -2.89. The molecule has 1 fully saturated rings. The molecule has 0 aliphatic heterocycles. The maximum Gasteiger partial charge on any atom is 0.229 e. The second-order valence-corrected chi connectivity index (χ2v) is 6.93. The van der Waals surface area contributed by atoms with E-state index in [1.54, 1.807) is 24.3 Å². The van der Waals surface area contributed by atoms with Gasteiger partial charge in [-0.25, -0.2) is 5.10 Å². The van der Waals surface area contributed by atoms with E-state index in [9.17, 15) is 25.5 Å². The Labute approximate surface area is 165 Å². The minimum absolute atomic E-state index is 0.254. The van der Waals surface area contributed by atoms with Gasteiger partial charge in [-0.3, -0.25) is 0 Å². The lowest BCUT2D eigenvalue weighted by Crippen LogP contribution is -2.76. The average molecular weight is 400 g/mol. The zero-order valence-corrected chi connectivity index (χ0v) is 15.1. The zero-order valence-electron chi connectivity index (χ0n) is 15.1. The quantitative estimate of drug-likeness (QED) is 0.294. The van der Waals surface area contributed by atoms with Gasteiger partial charge in [-0.15, -0.1) is 5.10 Å². The minimum Gasteiger partial charge on any atom is -0.462 e. The Morgan fingerprint density at radius 1 is 1.00 bits per heavy atom. The third-order valence-electron chi connectivity index (χ3n) is 5.33. The first-order valence-corrected chi connectivity index (χ1v) is 8.94. The van der Waals surface area contributed by atoms with Gasteiger partial charge in [-0.1, -0.05) is 36.4 Å². The number of aromatic nitrogens is 4. The van der Waals surface area contributed by atoms with Crippen molar-refractivity contribution in [1.29, 1.82) is 0 Å². The maximum absolute atomic E-state index is 10.4. The molecular weight excluding hydrogens is 380 g/mol. The van der Waals surface area contributed by atoms with E-state index in [4.69, 9.17) is 4.74 Å². The van der Waals surface area contributed by atoms with Gasteiger partial charge in [0.25, 0.3) is 0 Å². The largest absolute Gasteiger partial charge is 0.462 e. The molecule has 10 nitrogen and oxygen atoms in total. The number of hydrogen-bond donors (Lipinski definition) is 6. The summed E-state index contributed by atoms with van der Waals surface area (Å²) in [6.07, 6.45) is -4.77. The number of hydrogen-bond acceptors (Lipinski definition) is 9. The molecule has 152 valence electrons. The summed E-state index contributed by atoms with van der Waals surface area (Å²) in [5.74, 6) is -0.286. The van der Waals surface area contributed by atoms with Crippen LogP contribution in [-0.4, -0.2) is 76.9 Å². The molecule has 1 aromatic heterocycles. The van der Waals surface area contributed by atoms with Crippen LogP contribution in [0.5, 0.6) is 5.75 Å². The van der Waals surface area contributed by atoms with Crippen LogP contribution in [0.15, 0.2) is 48.5 Å². The summed E-state index contributed by atoms with van der Waals surface area (Å²) in [6, 6.07) is 14.3. The van der Waals surface area contributed by atoms with Crippen molar-refractivity contribution >= 4 is 0 Å². The lowest BCUT2D eigenvalue weighted by Gasteiger charge is -2.53. The fourth-order valence-corrected chi connectivity index (χ4v) is 3.50. The molecule has 0 radical (unpaired) electrons. The molecule has 1 aliphatic carbocycles. The van der Waals surface area contributed by atoms with Crippen LogP contribution in [0, 0.1) is 5.92 Å². The summed E-state index contributed by atoms with van der Waals surface area (Å²) in [4.78, 5) is 0. The summed E-state index contributed by atoms with van der Waals surface area (Å²) in [5.41, 5.74) is 0.512. The highest BCUT2D eigenvalue weighted by atomic mass is 16.6. The first kappa shape index (κ1) is 19.4. The monoisotopic (exact) mass is 400 g/mol. The van der Waals surface area contributed by atoms with Crippen molar-refractivity contribution in [3.05, 3.63) is 48.5 Å². The molecule has 3 aromatic rings. The molecule has 29 heavy (non-hydrogen) atoms. The molecule has 0 spiro atoms. The van der Waals surface area contributed by atoms with Crippen molar-refractivity contribution < 1.29 is 30.3 Å². The van der Waals surface area contributed by atoms with E-state index in [0.717, 1.165) is 16.7 Å². The summed E-state index contributed by atoms with van der Waals surface area (Å²) in [5, 5.41) is 62.9. The fourth-order valence-electron chi connectivity index (χ4n) is 3.50. The van der Waals surface area contributed by atoms with Gasteiger partial charge >= 0.3 is 0 Å². The molecule has 6 N–H and O–H groups in total. The van der Waals surface area contributed by atoms with Crippen molar-refractivity contribution in [2.24, 2.45) is 5.92 Å². The summed E-state index contributed by atoms with van der Waals surface area (Å²) in [6.45, 7) is -0.603. The van der Waals surface area contributed by atoms with E-state index in [-0.39, 0.29) is 5.75 Å². The molecule has 1 saturated carbocycles. The van der Waals surface area contributed by atoms with E-state index >= 15 is 0 Å². The number of H-pyrrole nitrogens is 1. The topological polar surface area (TPSA) is 165 Å². The highest BCUT2D eigenvalue weighted by Crippen LogP contribution is 2.42. The molecule has 0 saturated heterocycles. The van der Waals surface area contributed by atoms with E-state index in [2.05, 4.69) is 20.6 Å². The number of benzene rings is 2. The molecule has 10 heteroatoms. The van der Waals surface area contributed by atoms with E-state index in [0.29, 0.717) is 5.82 Å². The van der Waals surface area contributed by atoms with Gasteiger partial charge in [0.1, 0.15) is 11.9 Å². The minimum atomic E-state index is -2.15. The van der Waals surface area contributed by atoms with E-state index in [1.165, 1.54) is 0 Å². The number of tetrazole rings is 1. The fraction of sp³-hybridized carbons (Fsp3) is 0.316. The predicted octanol–water partition coefficient (Wildman–Crippen LogP) is -0.694. The smallest absolute Gasteiger partial charge is 0.229 e. The number of aromatic amines is 1. The Kier molecular flexibility index (Phi) is 5.03. The molecule has 1 heterocycles. The standard InChI is InChI=1S/C19H20N4O6/c24-9-14-15(25)16(26)19(14,28)18(27)29-13-7-5-11(6-8-13)10-1-3-12(4-2-10)17-20-22-23-21-17/h1-8,14-16,18,24-28H,9H2,(H,20,21,22,23)/t14?,15-,16?,18-,19?/m1/s1. The lowest BCUT2D eigenvalue weighted by atomic mass is 9.64.